The van der Waals surface area contributed by atoms with Crippen molar-refractivity contribution in [2.45, 2.75) is 12.3 Å². The minimum Gasteiger partial charge on any atom is -0.495 e. The van der Waals surface area contributed by atoms with Gasteiger partial charge in [-0.2, -0.15) is 5.10 Å². The highest BCUT2D eigenvalue weighted by Gasteiger charge is 2.25. The van der Waals surface area contributed by atoms with E-state index in [1.54, 1.807) is 7.11 Å². The van der Waals surface area contributed by atoms with E-state index in [1.807, 2.05) is 30.1 Å². The molecule has 0 amide bonds. The Labute approximate surface area is 107 Å². The number of aryl methyl sites for hydroxylation is 1. The number of nitrogens with one attached hydrogen (secondary N) is 1. The third-order valence-electron chi connectivity index (χ3n) is 3.60. The molecule has 18 heavy (non-hydrogen) atoms. The number of aromatic nitrogens is 2. The van der Waals surface area contributed by atoms with Crippen molar-refractivity contribution in [3.8, 4) is 5.75 Å². The Morgan fingerprint density at radius 1 is 1.39 bits per heavy atom. The number of hydrogen-bond donors (Lipinski definition) is 1. The molecule has 1 unspecified atom stereocenters. The number of benzene rings is 1. The van der Waals surface area contributed by atoms with E-state index in [-0.39, 0.29) is 0 Å². The summed E-state index contributed by atoms with van der Waals surface area (Å²) in [5.74, 6) is 1.31. The molecular formula is C14H17N3O. The Balaban J connectivity index is 2.10. The van der Waals surface area contributed by atoms with Crippen LogP contribution in [0.25, 0.3) is 0 Å². The molecule has 0 fully saturated rings. The van der Waals surface area contributed by atoms with Crippen molar-refractivity contribution in [1.29, 1.82) is 0 Å². The lowest BCUT2D eigenvalue weighted by Gasteiger charge is -2.28. The van der Waals surface area contributed by atoms with Crippen LogP contribution in [0, 0.1) is 0 Å². The van der Waals surface area contributed by atoms with Crippen molar-refractivity contribution < 1.29 is 4.74 Å². The number of fused-ring (bicyclic) bond motifs is 1. The van der Waals surface area contributed by atoms with Gasteiger partial charge in [0.2, 0.25) is 0 Å². The summed E-state index contributed by atoms with van der Waals surface area (Å²) in [6.45, 7) is 0.962. The molecule has 94 valence electrons. The first-order valence-corrected chi connectivity index (χ1v) is 6.20. The molecule has 4 heteroatoms. The standard InChI is InChI=1S/C14H17N3O/c1-17-12(7-9-16-17)10-6-8-15-14-11(10)4-3-5-13(14)18-2/h3-5,7,9-10,15H,6,8H2,1-2H3. The van der Waals surface area contributed by atoms with E-state index < -0.39 is 0 Å². The van der Waals surface area contributed by atoms with Crippen LogP contribution < -0.4 is 10.1 Å². The summed E-state index contributed by atoms with van der Waals surface area (Å²) in [6, 6.07) is 8.31. The van der Waals surface area contributed by atoms with Crippen LogP contribution in [0.15, 0.2) is 30.5 Å². The smallest absolute Gasteiger partial charge is 0.142 e. The Morgan fingerprint density at radius 2 is 2.28 bits per heavy atom. The zero-order chi connectivity index (χ0) is 12.5. The maximum absolute atomic E-state index is 5.42. The maximum Gasteiger partial charge on any atom is 0.142 e. The van der Waals surface area contributed by atoms with E-state index in [1.165, 1.54) is 11.3 Å². The van der Waals surface area contributed by atoms with Crippen LogP contribution in [-0.2, 0) is 7.05 Å². The Hall–Kier alpha value is -1.97. The van der Waals surface area contributed by atoms with Gasteiger partial charge in [0.25, 0.3) is 0 Å². The van der Waals surface area contributed by atoms with Crippen LogP contribution in [0.4, 0.5) is 5.69 Å². The number of hydrogen-bond acceptors (Lipinski definition) is 3. The number of methoxy groups -OCH3 is 1. The highest BCUT2D eigenvalue weighted by Crippen LogP contribution is 2.40. The van der Waals surface area contributed by atoms with Crippen LogP contribution in [0.5, 0.6) is 5.75 Å². The Bertz CT molecular complexity index is 562. The minimum absolute atomic E-state index is 0.392. The number of para-hydroxylation sites is 1. The highest BCUT2D eigenvalue weighted by atomic mass is 16.5. The van der Waals surface area contributed by atoms with Gasteiger partial charge in [0.05, 0.1) is 12.8 Å². The predicted octanol–water partition coefficient (Wildman–Crippen LogP) is 2.38. The van der Waals surface area contributed by atoms with Crippen molar-refractivity contribution in [1.82, 2.24) is 9.78 Å². The molecular weight excluding hydrogens is 226 g/mol. The van der Waals surface area contributed by atoms with Crippen molar-refractivity contribution >= 4 is 5.69 Å². The van der Waals surface area contributed by atoms with Gasteiger partial charge in [-0.1, -0.05) is 12.1 Å². The maximum atomic E-state index is 5.42. The fraction of sp³-hybridized carbons (Fsp3) is 0.357. The summed E-state index contributed by atoms with van der Waals surface area (Å²) < 4.78 is 7.38. The predicted molar refractivity (Wildman–Crippen MR) is 71.2 cm³/mol. The number of anilines is 1. The lowest BCUT2D eigenvalue weighted by molar-refractivity contribution is 0.414. The lowest BCUT2D eigenvalue weighted by Crippen LogP contribution is -2.20. The molecule has 0 radical (unpaired) electrons. The van der Waals surface area contributed by atoms with Gasteiger partial charge >= 0.3 is 0 Å². The molecule has 0 saturated heterocycles. The largest absolute Gasteiger partial charge is 0.495 e. The lowest BCUT2D eigenvalue weighted by atomic mass is 9.88. The van der Waals surface area contributed by atoms with Crippen LogP contribution in [0.3, 0.4) is 0 Å². The van der Waals surface area contributed by atoms with Gasteiger partial charge in [0.1, 0.15) is 5.75 Å². The minimum atomic E-state index is 0.392. The highest BCUT2D eigenvalue weighted by molar-refractivity contribution is 5.65. The van der Waals surface area contributed by atoms with Gasteiger partial charge in [-0.25, -0.2) is 0 Å². The molecule has 1 aliphatic rings. The molecule has 0 saturated carbocycles. The summed E-state index contributed by atoms with van der Waals surface area (Å²) >= 11 is 0. The molecule has 3 rings (SSSR count). The van der Waals surface area contributed by atoms with Gasteiger partial charge in [-0.15, -0.1) is 0 Å². The summed E-state index contributed by atoms with van der Waals surface area (Å²) in [6.07, 6.45) is 2.94. The molecule has 2 heterocycles. The number of rotatable bonds is 2. The SMILES string of the molecule is COc1cccc2c1NCCC2c1ccnn1C. The third kappa shape index (κ3) is 1.65. The number of ether oxygens (including phenoxy) is 1. The van der Waals surface area contributed by atoms with E-state index in [9.17, 15) is 0 Å². The second kappa shape index (κ2) is 4.37. The average molecular weight is 243 g/mol. The van der Waals surface area contributed by atoms with Crippen LogP contribution in [0.2, 0.25) is 0 Å². The molecule has 0 bridgehead atoms. The summed E-state index contributed by atoms with van der Waals surface area (Å²) in [5.41, 5.74) is 3.67. The molecule has 1 aromatic heterocycles. The fourth-order valence-electron chi connectivity index (χ4n) is 2.73. The monoisotopic (exact) mass is 243 g/mol. The quantitative estimate of drug-likeness (QED) is 0.880. The van der Waals surface area contributed by atoms with Gasteiger partial charge in [-0.3, -0.25) is 4.68 Å². The number of nitrogens with zero attached hydrogens (tertiary/aromatic N) is 2. The molecule has 0 spiro atoms. The van der Waals surface area contributed by atoms with E-state index >= 15 is 0 Å². The van der Waals surface area contributed by atoms with E-state index in [4.69, 9.17) is 4.74 Å². The summed E-state index contributed by atoms with van der Waals surface area (Å²) in [5, 5.41) is 7.71. The molecule has 1 N–H and O–H groups in total. The second-order valence-electron chi connectivity index (χ2n) is 4.57. The van der Waals surface area contributed by atoms with E-state index in [2.05, 4.69) is 22.5 Å². The van der Waals surface area contributed by atoms with Gasteiger partial charge in [-0.05, 0) is 24.1 Å². The molecule has 2 aromatic rings. The normalized spacial score (nSPS) is 18.0. The summed E-state index contributed by atoms with van der Waals surface area (Å²) in [4.78, 5) is 0. The van der Waals surface area contributed by atoms with Gasteiger partial charge in [0.15, 0.2) is 0 Å². The van der Waals surface area contributed by atoms with Crippen molar-refractivity contribution in [2.75, 3.05) is 19.0 Å². The molecule has 1 aromatic carbocycles. The van der Waals surface area contributed by atoms with Crippen LogP contribution in [0.1, 0.15) is 23.6 Å². The molecule has 1 atom stereocenters. The fourth-order valence-corrected chi connectivity index (χ4v) is 2.73. The van der Waals surface area contributed by atoms with Crippen molar-refractivity contribution in [2.24, 2.45) is 7.05 Å². The zero-order valence-electron chi connectivity index (χ0n) is 10.7. The van der Waals surface area contributed by atoms with Gasteiger partial charge in [0, 0.05) is 31.4 Å². The molecule has 0 aliphatic carbocycles. The van der Waals surface area contributed by atoms with Crippen LogP contribution >= 0.6 is 0 Å². The van der Waals surface area contributed by atoms with Crippen molar-refractivity contribution in [3.63, 3.8) is 0 Å². The first-order valence-electron chi connectivity index (χ1n) is 6.20. The van der Waals surface area contributed by atoms with Gasteiger partial charge < -0.3 is 10.1 Å². The first kappa shape index (κ1) is 11.1. The molecule has 1 aliphatic heterocycles. The topological polar surface area (TPSA) is 39.1 Å². The summed E-state index contributed by atoms with van der Waals surface area (Å²) in [7, 11) is 3.71. The second-order valence-corrected chi connectivity index (χ2v) is 4.57. The van der Waals surface area contributed by atoms with Crippen molar-refractivity contribution in [3.05, 3.63) is 41.7 Å². The first-order chi connectivity index (χ1) is 8.81. The van der Waals surface area contributed by atoms with E-state index in [0.717, 1.165) is 24.4 Å². The average Bonchev–Trinajstić information content (AvgIpc) is 2.83. The third-order valence-corrected chi connectivity index (χ3v) is 3.60. The van der Waals surface area contributed by atoms with E-state index in [0.29, 0.717) is 5.92 Å². The van der Waals surface area contributed by atoms with Crippen LogP contribution in [-0.4, -0.2) is 23.4 Å². The molecule has 4 nitrogen and oxygen atoms in total. The Kier molecular flexibility index (Phi) is 2.70. The Morgan fingerprint density at radius 3 is 3.00 bits per heavy atom. The zero-order valence-corrected chi connectivity index (χ0v) is 10.7.